The molecule has 2 aliphatic heterocycles. The molecule has 2 N–H and O–H groups in total. The smallest absolute Gasteiger partial charge is 0.402 e. The molecule has 2 aromatic heterocycles. The van der Waals surface area contributed by atoms with Crippen LogP contribution in [-0.4, -0.2) is 54.8 Å². The number of imidazole rings is 1. The Hall–Kier alpha value is -3.37. The van der Waals surface area contributed by atoms with Gasteiger partial charge >= 0.3 is 12.1 Å². The predicted molar refractivity (Wildman–Crippen MR) is 135 cm³/mol. The van der Waals surface area contributed by atoms with Crippen LogP contribution < -0.4 is 5.32 Å². The van der Waals surface area contributed by atoms with Crippen LogP contribution >= 0.6 is 0 Å². The maximum atomic E-state index is 14.6. The van der Waals surface area contributed by atoms with Crippen molar-refractivity contribution in [1.82, 2.24) is 24.4 Å². The Morgan fingerprint density at radius 3 is 2.47 bits per heavy atom. The summed E-state index contributed by atoms with van der Waals surface area (Å²) in [4.78, 5) is 27.0. The van der Waals surface area contributed by atoms with Gasteiger partial charge in [-0.1, -0.05) is 19.1 Å². The Balaban J connectivity index is 1.66. The molecule has 6 rings (SSSR count). The molecule has 4 heterocycles. The Bertz CT molecular complexity index is 1500. The van der Waals surface area contributed by atoms with Crippen molar-refractivity contribution in [3.8, 4) is 0 Å². The quantitative estimate of drug-likeness (QED) is 0.523. The van der Waals surface area contributed by atoms with E-state index in [1.54, 1.807) is 24.9 Å². The first-order chi connectivity index (χ1) is 17.6. The van der Waals surface area contributed by atoms with Crippen LogP contribution in [0.15, 0.2) is 35.2 Å². The van der Waals surface area contributed by atoms with Crippen LogP contribution in [0.2, 0.25) is 0 Å². The molecule has 1 saturated carbocycles. The number of carboxylic acids is 1. The minimum absolute atomic E-state index is 0.0743. The topological polar surface area (TPSA) is 96.2 Å². The zero-order valence-corrected chi connectivity index (χ0v) is 22.2. The van der Waals surface area contributed by atoms with E-state index in [0.717, 1.165) is 12.8 Å². The Kier molecular flexibility index (Phi) is 4.85. The lowest BCUT2D eigenvalue weighted by molar-refractivity contribution is -0.193. The monoisotopic (exact) mass is 528 g/mol. The number of halogens is 3. The Labute approximate surface area is 218 Å². The number of hydrogen-bond acceptors (Lipinski definition) is 6. The first-order valence-electron chi connectivity index (χ1n) is 12.9. The highest BCUT2D eigenvalue weighted by atomic mass is 19.4. The van der Waals surface area contributed by atoms with Crippen molar-refractivity contribution in [2.75, 3.05) is 12.4 Å². The zero-order chi connectivity index (χ0) is 27.6. The van der Waals surface area contributed by atoms with E-state index < -0.39 is 28.4 Å². The molecule has 4 atom stereocenters. The number of nitrogens with zero attached hydrogens (tertiary/aromatic N) is 5. The van der Waals surface area contributed by atoms with Gasteiger partial charge in [-0.25, -0.2) is 19.7 Å². The molecule has 3 unspecified atom stereocenters. The van der Waals surface area contributed by atoms with Crippen molar-refractivity contribution in [2.24, 2.45) is 16.7 Å². The predicted octanol–water partition coefficient (Wildman–Crippen LogP) is 5.25. The van der Waals surface area contributed by atoms with Gasteiger partial charge in [-0.3, -0.25) is 0 Å². The van der Waals surface area contributed by atoms with Gasteiger partial charge < -0.3 is 19.9 Å². The van der Waals surface area contributed by atoms with Crippen LogP contribution in [-0.2, 0) is 12.0 Å². The molecule has 2 aliphatic carbocycles. The summed E-state index contributed by atoms with van der Waals surface area (Å²) >= 11 is 0. The van der Waals surface area contributed by atoms with Crippen molar-refractivity contribution in [2.45, 2.75) is 71.6 Å². The molecule has 0 radical (unpaired) electrons. The number of allylic oxidation sites excluding steroid dienone is 5. The number of carboxylic acid groups (broad SMARTS) is 1. The Morgan fingerprint density at radius 1 is 1.18 bits per heavy atom. The Morgan fingerprint density at radius 2 is 1.87 bits per heavy atom. The lowest BCUT2D eigenvalue weighted by atomic mass is 9.56. The largest absolute Gasteiger partial charge is 0.475 e. The normalized spacial score (nSPS) is 31.2. The van der Waals surface area contributed by atoms with E-state index in [-0.39, 0.29) is 23.2 Å². The number of hydrogen-bond donors (Lipinski definition) is 2. The van der Waals surface area contributed by atoms with E-state index in [1.807, 2.05) is 31.4 Å². The average Bonchev–Trinajstić information content (AvgIpc) is 3.60. The molecule has 4 aliphatic rings. The van der Waals surface area contributed by atoms with E-state index in [4.69, 9.17) is 4.98 Å². The van der Waals surface area contributed by atoms with Gasteiger partial charge in [-0.15, -0.1) is 0 Å². The van der Waals surface area contributed by atoms with Crippen LogP contribution in [0.5, 0.6) is 0 Å². The maximum absolute atomic E-state index is 14.6. The van der Waals surface area contributed by atoms with E-state index in [9.17, 15) is 23.1 Å². The SMILES string of the molecule is CC1=CC2(C)C3=C(N1C)C(C)(C(F)(F)F)C=CC3(C)Cn1c2nc2nc(C(=O)O)nc(N[C@H](C)C3CC3)c21. The fourth-order valence-electron chi connectivity index (χ4n) is 6.74. The fourth-order valence-corrected chi connectivity index (χ4v) is 6.74. The molecule has 8 nitrogen and oxygen atoms in total. The van der Waals surface area contributed by atoms with Gasteiger partial charge in [0.1, 0.15) is 16.8 Å². The van der Waals surface area contributed by atoms with Crippen molar-refractivity contribution >= 4 is 23.0 Å². The number of nitrogens with one attached hydrogen (secondary N) is 1. The maximum Gasteiger partial charge on any atom is 0.402 e. The highest BCUT2D eigenvalue weighted by Crippen LogP contribution is 2.62. The third-order valence-corrected chi connectivity index (χ3v) is 8.99. The van der Waals surface area contributed by atoms with Crippen molar-refractivity contribution < 1.29 is 23.1 Å². The minimum Gasteiger partial charge on any atom is -0.475 e. The molecule has 11 heteroatoms. The summed E-state index contributed by atoms with van der Waals surface area (Å²) in [5.74, 6) is -0.241. The van der Waals surface area contributed by atoms with Crippen molar-refractivity contribution in [3.05, 3.63) is 46.8 Å². The third kappa shape index (κ3) is 3.16. The number of aromatic carboxylic acids is 1. The summed E-state index contributed by atoms with van der Waals surface area (Å²) in [7, 11) is 1.68. The summed E-state index contributed by atoms with van der Waals surface area (Å²) in [6.45, 7) is 9.24. The van der Waals surface area contributed by atoms with Crippen LogP contribution in [0.1, 0.15) is 63.9 Å². The van der Waals surface area contributed by atoms with Crippen molar-refractivity contribution in [3.63, 3.8) is 0 Å². The van der Waals surface area contributed by atoms with Crippen LogP contribution in [0.25, 0.3) is 11.2 Å². The molecule has 0 bridgehead atoms. The zero-order valence-electron chi connectivity index (χ0n) is 22.2. The van der Waals surface area contributed by atoms with Gasteiger partial charge in [-0.2, -0.15) is 13.2 Å². The number of carbonyl (C=O) groups is 1. The van der Waals surface area contributed by atoms with Gasteiger partial charge in [-0.05, 0) is 58.1 Å². The molecule has 0 aromatic carbocycles. The number of fused-ring (bicyclic) bond motifs is 4. The molecular weight excluding hydrogens is 497 g/mol. The first-order valence-corrected chi connectivity index (χ1v) is 12.9. The highest BCUT2D eigenvalue weighted by Gasteiger charge is 2.62. The fraction of sp³-hybridized carbons (Fsp3) is 0.556. The first kappa shape index (κ1) is 24.9. The summed E-state index contributed by atoms with van der Waals surface area (Å²) < 4.78 is 45.8. The van der Waals surface area contributed by atoms with Gasteiger partial charge in [0.05, 0.1) is 5.41 Å². The molecule has 0 saturated heterocycles. The third-order valence-electron chi connectivity index (χ3n) is 8.99. The van der Waals surface area contributed by atoms with Crippen LogP contribution in [0, 0.1) is 16.7 Å². The van der Waals surface area contributed by atoms with E-state index in [2.05, 4.69) is 15.3 Å². The molecule has 38 heavy (non-hydrogen) atoms. The van der Waals surface area contributed by atoms with E-state index >= 15 is 0 Å². The summed E-state index contributed by atoms with van der Waals surface area (Å²) in [6.07, 6.45) is 2.61. The minimum atomic E-state index is -4.50. The van der Waals surface area contributed by atoms with Crippen LogP contribution in [0.3, 0.4) is 0 Å². The molecule has 1 fully saturated rings. The molecular formula is C27H31F3N6O2. The van der Waals surface area contributed by atoms with Gasteiger partial charge in [0.15, 0.2) is 11.5 Å². The number of anilines is 1. The van der Waals surface area contributed by atoms with Gasteiger partial charge in [0.25, 0.3) is 0 Å². The van der Waals surface area contributed by atoms with Crippen LogP contribution in [0.4, 0.5) is 19.0 Å². The second kappa shape index (κ2) is 7.39. The highest BCUT2D eigenvalue weighted by molar-refractivity contribution is 5.91. The molecule has 0 spiro atoms. The summed E-state index contributed by atoms with van der Waals surface area (Å²) in [5, 5.41) is 13.1. The number of alkyl halides is 3. The van der Waals surface area contributed by atoms with Gasteiger partial charge in [0.2, 0.25) is 5.82 Å². The standard InChI is InChI=1S/C27H31F3N6O2/c1-13-11-25(4)17-18(35(13)6)26(5,27(28,29)30)10-9-24(17,3)12-36-16-19(31-14(2)15-7-8-15)32-21(22(37)38)33-20(16)34-23(25)36/h9-11,14-15H,7-8,12H2,1-6H3,(H,37,38)(H,31,32,33)/t14-,24?,25?,26?/m1/s1. The lowest BCUT2D eigenvalue weighted by Crippen LogP contribution is -2.54. The van der Waals surface area contributed by atoms with Gasteiger partial charge in [0, 0.05) is 36.4 Å². The molecule has 202 valence electrons. The summed E-state index contributed by atoms with van der Waals surface area (Å²) in [5.41, 5.74) is -1.59. The number of aromatic nitrogens is 4. The van der Waals surface area contributed by atoms with Crippen molar-refractivity contribution in [1.29, 1.82) is 0 Å². The lowest BCUT2D eigenvalue weighted by Gasteiger charge is -2.55. The van der Waals surface area contributed by atoms with E-state index in [1.165, 1.54) is 13.0 Å². The molecule has 0 amide bonds. The average molecular weight is 529 g/mol. The van der Waals surface area contributed by atoms with E-state index in [0.29, 0.717) is 40.9 Å². The second-order valence-electron chi connectivity index (χ2n) is 11.9. The second-order valence-corrected chi connectivity index (χ2v) is 11.9. The summed E-state index contributed by atoms with van der Waals surface area (Å²) in [6, 6.07) is 0.0743. The molecule has 2 aromatic rings. The number of rotatable bonds is 4.